The van der Waals surface area contributed by atoms with Gasteiger partial charge in [0.05, 0.1) is 15.2 Å². The van der Waals surface area contributed by atoms with Gasteiger partial charge in [0.2, 0.25) is 0 Å². The zero-order valence-corrected chi connectivity index (χ0v) is 10.7. The molecular weight excluding hydrogens is 216 g/mol. The van der Waals surface area contributed by atoms with Crippen LogP contribution < -0.4 is 5.73 Å². The summed E-state index contributed by atoms with van der Waals surface area (Å²) >= 11 is 1.77. The lowest BCUT2D eigenvalue weighted by atomic mass is 10.1. The standard InChI is InChI=1S/C13H18N2S/c1-9(14)4-3-5-11-6-7-12-13(8-11)16-10(2)15-12/h6-9H,3-5,14H2,1-2H3. The molecule has 0 spiro atoms. The van der Waals surface area contributed by atoms with Crippen molar-refractivity contribution in [2.75, 3.05) is 0 Å². The lowest BCUT2D eigenvalue weighted by Gasteiger charge is -2.04. The number of nitrogens with zero attached hydrogens (tertiary/aromatic N) is 1. The maximum absolute atomic E-state index is 5.74. The van der Waals surface area contributed by atoms with Crippen molar-refractivity contribution in [3.05, 3.63) is 28.8 Å². The number of benzene rings is 1. The maximum atomic E-state index is 5.74. The summed E-state index contributed by atoms with van der Waals surface area (Å²) in [5, 5.41) is 1.14. The number of thiazole rings is 1. The average Bonchev–Trinajstić information content (AvgIpc) is 2.56. The van der Waals surface area contributed by atoms with E-state index in [1.54, 1.807) is 11.3 Å². The number of rotatable bonds is 4. The summed E-state index contributed by atoms with van der Waals surface area (Å²) in [5.41, 5.74) is 8.27. The second-order valence-electron chi connectivity index (χ2n) is 4.40. The van der Waals surface area contributed by atoms with Crippen LogP contribution in [0.1, 0.15) is 30.3 Å². The first-order valence-electron chi connectivity index (χ1n) is 5.77. The van der Waals surface area contributed by atoms with E-state index < -0.39 is 0 Å². The Kier molecular flexibility index (Phi) is 3.56. The van der Waals surface area contributed by atoms with Crippen LogP contribution in [0.15, 0.2) is 18.2 Å². The molecule has 1 aromatic carbocycles. The van der Waals surface area contributed by atoms with Crippen LogP contribution in [0.2, 0.25) is 0 Å². The van der Waals surface area contributed by atoms with Crippen molar-refractivity contribution in [3.63, 3.8) is 0 Å². The van der Waals surface area contributed by atoms with Gasteiger partial charge in [-0.25, -0.2) is 4.98 Å². The van der Waals surface area contributed by atoms with E-state index in [1.807, 2.05) is 0 Å². The van der Waals surface area contributed by atoms with Gasteiger partial charge >= 0.3 is 0 Å². The molecule has 1 heterocycles. The van der Waals surface area contributed by atoms with Crippen molar-refractivity contribution in [2.45, 2.75) is 39.2 Å². The molecule has 0 bridgehead atoms. The van der Waals surface area contributed by atoms with Crippen molar-refractivity contribution < 1.29 is 0 Å². The second kappa shape index (κ2) is 4.93. The van der Waals surface area contributed by atoms with Gasteiger partial charge in [-0.15, -0.1) is 11.3 Å². The van der Waals surface area contributed by atoms with Crippen molar-refractivity contribution in [1.82, 2.24) is 4.98 Å². The second-order valence-corrected chi connectivity index (χ2v) is 5.64. The number of hydrogen-bond donors (Lipinski definition) is 1. The number of aryl methyl sites for hydroxylation is 2. The van der Waals surface area contributed by atoms with Gasteiger partial charge in [0.1, 0.15) is 0 Å². The van der Waals surface area contributed by atoms with E-state index in [4.69, 9.17) is 5.73 Å². The molecule has 0 amide bonds. The molecular formula is C13H18N2S. The van der Waals surface area contributed by atoms with Crippen LogP contribution in [-0.2, 0) is 6.42 Å². The predicted octanol–water partition coefficient (Wildman–Crippen LogP) is 3.27. The van der Waals surface area contributed by atoms with Crippen molar-refractivity contribution in [1.29, 1.82) is 0 Å². The summed E-state index contributed by atoms with van der Waals surface area (Å²) in [6, 6.07) is 6.89. The summed E-state index contributed by atoms with van der Waals surface area (Å²) in [4.78, 5) is 4.46. The van der Waals surface area contributed by atoms with Crippen molar-refractivity contribution in [2.24, 2.45) is 5.73 Å². The zero-order valence-electron chi connectivity index (χ0n) is 9.86. The highest BCUT2D eigenvalue weighted by molar-refractivity contribution is 7.18. The Morgan fingerprint density at radius 2 is 2.25 bits per heavy atom. The Morgan fingerprint density at radius 1 is 1.44 bits per heavy atom. The Balaban J connectivity index is 2.07. The van der Waals surface area contributed by atoms with Crippen LogP contribution in [0.3, 0.4) is 0 Å². The van der Waals surface area contributed by atoms with Gasteiger partial charge < -0.3 is 5.73 Å². The molecule has 1 atom stereocenters. The van der Waals surface area contributed by atoms with Gasteiger partial charge in [0.15, 0.2) is 0 Å². The third kappa shape index (κ3) is 2.80. The molecule has 2 rings (SSSR count). The maximum Gasteiger partial charge on any atom is 0.0907 e. The number of nitrogens with two attached hydrogens (primary N) is 1. The van der Waals surface area contributed by atoms with Crippen molar-refractivity contribution >= 4 is 21.6 Å². The van der Waals surface area contributed by atoms with Crippen LogP contribution in [0.25, 0.3) is 10.2 Å². The van der Waals surface area contributed by atoms with Crippen LogP contribution in [0.4, 0.5) is 0 Å². The molecule has 0 fully saturated rings. The minimum absolute atomic E-state index is 0.314. The summed E-state index contributed by atoms with van der Waals surface area (Å²) in [6.07, 6.45) is 3.38. The van der Waals surface area contributed by atoms with E-state index >= 15 is 0 Å². The molecule has 0 saturated carbocycles. The molecule has 2 N–H and O–H groups in total. The van der Waals surface area contributed by atoms with Crippen LogP contribution in [-0.4, -0.2) is 11.0 Å². The summed E-state index contributed by atoms with van der Waals surface area (Å²) in [7, 11) is 0. The highest BCUT2D eigenvalue weighted by Gasteiger charge is 2.02. The fraction of sp³-hybridized carbons (Fsp3) is 0.462. The zero-order chi connectivity index (χ0) is 11.5. The van der Waals surface area contributed by atoms with E-state index in [-0.39, 0.29) is 0 Å². The Labute approximate surface area is 101 Å². The predicted molar refractivity (Wildman–Crippen MR) is 70.9 cm³/mol. The largest absolute Gasteiger partial charge is 0.328 e. The Bertz CT molecular complexity index is 474. The Morgan fingerprint density at radius 3 is 3.00 bits per heavy atom. The lowest BCUT2D eigenvalue weighted by Crippen LogP contribution is -2.14. The topological polar surface area (TPSA) is 38.9 Å². The number of hydrogen-bond acceptors (Lipinski definition) is 3. The molecule has 1 unspecified atom stereocenters. The minimum Gasteiger partial charge on any atom is -0.328 e. The molecule has 0 aliphatic heterocycles. The fourth-order valence-electron chi connectivity index (χ4n) is 1.87. The van der Waals surface area contributed by atoms with Crippen LogP contribution in [0, 0.1) is 6.92 Å². The molecule has 0 aliphatic rings. The highest BCUT2D eigenvalue weighted by atomic mass is 32.1. The average molecular weight is 234 g/mol. The Hall–Kier alpha value is -0.930. The molecule has 3 heteroatoms. The summed E-state index contributed by atoms with van der Waals surface area (Å²) in [6.45, 7) is 4.12. The van der Waals surface area contributed by atoms with E-state index in [0.717, 1.165) is 23.4 Å². The monoisotopic (exact) mass is 234 g/mol. The van der Waals surface area contributed by atoms with Gasteiger partial charge in [0, 0.05) is 6.04 Å². The molecule has 86 valence electrons. The number of fused-ring (bicyclic) bond motifs is 1. The quantitative estimate of drug-likeness (QED) is 0.881. The molecule has 0 saturated heterocycles. The molecule has 2 nitrogen and oxygen atoms in total. The minimum atomic E-state index is 0.314. The molecule has 16 heavy (non-hydrogen) atoms. The summed E-state index contributed by atoms with van der Waals surface area (Å²) in [5.74, 6) is 0. The normalized spacial score (nSPS) is 13.2. The van der Waals surface area contributed by atoms with E-state index in [2.05, 4.69) is 37.0 Å². The summed E-state index contributed by atoms with van der Waals surface area (Å²) < 4.78 is 1.30. The van der Waals surface area contributed by atoms with Gasteiger partial charge in [0.25, 0.3) is 0 Å². The highest BCUT2D eigenvalue weighted by Crippen LogP contribution is 2.23. The molecule has 1 aromatic heterocycles. The van der Waals surface area contributed by atoms with Crippen LogP contribution >= 0.6 is 11.3 Å². The van der Waals surface area contributed by atoms with Crippen LogP contribution in [0.5, 0.6) is 0 Å². The van der Waals surface area contributed by atoms with Gasteiger partial charge in [-0.05, 0) is 50.8 Å². The first kappa shape index (κ1) is 11.6. The SMILES string of the molecule is Cc1nc2ccc(CCCC(C)N)cc2s1. The van der Waals surface area contributed by atoms with Gasteiger partial charge in [-0.3, -0.25) is 0 Å². The van der Waals surface area contributed by atoms with E-state index in [1.165, 1.54) is 16.7 Å². The molecule has 0 radical (unpaired) electrons. The fourth-order valence-corrected chi connectivity index (χ4v) is 2.76. The first-order valence-corrected chi connectivity index (χ1v) is 6.58. The van der Waals surface area contributed by atoms with Crippen molar-refractivity contribution in [3.8, 4) is 0 Å². The van der Waals surface area contributed by atoms with E-state index in [9.17, 15) is 0 Å². The number of aromatic nitrogens is 1. The first-order chi connectivity index (χ1) is 7.65. The van der Waals surface area contributed by atoms with E-state index in [0.29, 0.717) is 6.04 Å². The lowest BCUT2D eigenvalue weighted by molar-refractivity contribution is 0.624. The van der Waals surface area contributed by atoms with Gasteiger partial charge in [-0.1, -0.05) is 6.07 Å². The smallest absolute Gasteiger partial charge is 0.0907 e. The molecule has 0 aliphatic carbocycles. The third-order valence-corrected chi connectivity index (χ3v) is 3.62. The van der Waals surface area contributed by atoms with Gasteiger partial charge in [-0.2, -0.15) is 0 Å². The third-order valence-electron chi connectivity index (χ3n) is 2.68. The molecule has 2 aromatic rings.